The van der Waals surface area contributed by atoms with Gasteiger partial charge in [-0.15, -0.1) is 21.5 Å². The van der Waals surface area contributed by atoms with E-state index in [-0.39, 0.29) is 5.92 Å². The van der Waals surface area contributed by atoms with E-state index in [1.165, 1.54) is 4.70 Å². The highest BCUT2D eigenvalue weighted by atomic mass is 32.2. The fourth-order valence-electron chi connectivity index (χ4n) is 2.13. The Balaban J connectivity index is 1.68. The topological polar surface area (TPSA) is 67.4 Å². The molecular formula is C16H17N5S3. The van der Waals surface area contributed by atoms with Crippen molar-refractivity contribution >= 4 is 45.1 Å². The van der Waals surface area contributed by atoms with Crippen molar-refractivity contribution in [1.82, 2.24) is 19.7 Å². The lowest BCUT2D eigenvalue weighted by atomic mass is 10.3. The van der Waals surface area contributed by atoms with Crippen molar-refractivity contribution in [1.29, 1.82) is 5.26 Å². The Morgan fingerprint density at radius 3 is 2.88 bits per heavy atom. The lowest BCUT2D eigenvalue weighted by Crippen LogP contribution is -2.03. The molecule has 0 aliphatic carbocycles. The molecule has 0 radical (unpaired) electrons. The van der Waals surface area contributed by atoms with E-state index in [1.54, 1.807) is 34.9 Å². The van der Waals surface area contributed by atoms with Gasteiger partial charge in [0, 0.05) is 12.3 Å². The number of nitriles is 1. The van der Waals surface area contributed by atoms with Gasteiger partial charge in [-0.2, -0.15) is 5.26 Å². The first kappa shape index (κ1) is 17.3. The zero-order valence-corrected chi connectivity index (χ0v) is 15.9. The summed E-state index contributed by atoms with van der Waals surface area (Å²) in [5.41, 5.74) is 1.05. The van der Waals surface area contributed by atoms with Crippen LogP contribution in [0, 0.1) is 17.2 Å². The Morgan fingerprint density at radius 2 is 2.12 bits per heavy atom. The van der Waals surface area contributed by atoms with Crippen LogP contribution < -0.4 is 0 Å². The fourth-order valence-corrected chi connectivity index (χ4v) is 5.10. The molecular weight excluding hydrogens is 358 g/mol. The van der Waals surface area contributed by atoms with Gasteiger partial charge in [0.2, 0.25) is 0 Å². The summed E-state index contributed by atoms with van der Waals surface area (Å²) in [7, 11) is 0. The van der Waals surface area contributed by atoms with Crippen LogP contribution in [0.25, 0.3) is 10.2 Å². The molecule has 0 fully saturated rings. The molecule has 0 aliphatic rings. The van der Waals surface area contributed by atoms with Gasteiger partial charge in [-0.3, -0.25) is 0 Å². The molecule has 2 aromatic heterocycles. The third-order valence-corrected chi connectivity index (χ3v) is 6.79. The Bertz CT molecular complexity index is 831. The average Bonchev–Trinajstić information content (AvgIpc) is 3.20. The third-order valence-electron chi connectivity index (χ3n) is 3.39. The molecule has 0 saturated carbocycles. The SMILES string of the molecule is CCn1c(CSc2nc3ccccc3s2)nnc1SC[C@H](C)C#N. The smallest absolute Gasteiger partial charge is 0.191 e. The van der Waals surface area contributed by atoms with Gasteiger partial charge in [0.25, 0.3) is 0 Å². The van der Waals surface area contributed by atoms with Crippen molar-refractivity contribution in [3.63, 3.8) is 0 Å². The fraction of sp³-hybridized carbons (Fsp3) is 0.375. The Labute approximate surface area is 153 Å². The normalized spacial score (nSPS) is 12.4. The highest BCUT2D eigenvalue weighted by Crippen LogP contribution is 2.31. The Morgan fingerprint density at radius 1 is 1.29 bits per heavy atom. The van der Waals surface area contributed by atoms with E-state index in [9.17, 15) is 0 Å². The number of para-hydroxylation sites is 1. The van der Waals surface area contributed by atoms with Crippen LogP contribution in [-0.2, 0) is 12.3 Å². The second kappa shape index (κ2) is 8.01. The van der Waals surface area contributed by atoms with E-state index in [0.717, 1.165) is 38.9 Å². The average molecular weight is 376 g/mol. The first-order valence-electron chi connectivity index (χ1n) is 7.64. The minimum atomic E-state index is 0.0116. The molecule has 2 heterocycles. The predicted molar refractivity (Wildman–Crippen MR) is 100 cm³/mol. The zero-order chi connectivity index (χ0) is 16.9. The molecule has 0 amide bonds. The monoisotopic (exact) mass is 375 g/mol. The van der Waals surface area contributed by atoms with Crippen LogP contribution in [0.15, 0.2) is 33.8 Å². The summed E-state index contributed by atoms with van der Waals surface area (Å²) < 4.78 is 4.38. The van der Waals surface area contributed by atoms with Crippen LogP contribution in [-0.4, -0.2) is 25.5 Å². The van der Waals surface area contributed by atoms with E-state index in [0.29, 0.717) is 0 Å². The van der Waals surface area contributed by atoms with Gasteiger partial charge in [0.15, 0.2) is 9.50 Å². The van der Waals surface area contributed by atoms with E-state index in [2.05, 4.69) is 38.8 Å². The van der Waals surface area contributed by atoms with Gasteiger partial charge in [-0.05, 0) is 26.0 Å². The van der Waals surface area contributed by atoms with Crippen molar-refractivity contribution in [2.45, 2.75) is 35.6 Å². The number of benzene rings is 1. The van der Waals surface area contributed by atoms with Crippen molar-refractivity contribution in [3.05, 3.63) is 30.1 Å². The summed E-state index contributed by atoms with van der Waals surface area (Å²) in [4.78, 5) is 4.64. The number of hydrogen-bond donors (Lipinski definition) is 0. The van der Waals surface area contributed by atoms with Gasteiger partial charge < -0.3 is 4.57 Å². The lowest BCUT2D eigenvalue weighted by Gasteiger charge is -2.07. The summed E-state index contributed by atoms with van der Waals surface area (Å²) in [6, 6.07) is 10.4. The van der Waals surface area contributed by atoms with Crippen LogP contribution in [0.4, 0.5) is 0 Å². The van der Waals surface area contributed by atoms with E-state index >= 15 is 0 Å². The third kappa shape index (κ3) is 3.91. The molecule has 3 aromatic rings. The summed E-state index contributed by atoms with van der Waals surface area (Å²) in [5.74, 6) is 2.45. The van der Waals surface area contributed by atoms with Crippen LogP contribution in [0.1, 0.15) is 19.7 Å². The number of aromatic nitrogens is 4. The standard InChI is InChI=1S/C16H17N5S3/c1-3-21-14(19-20-15(21)22-9-11(2)8-17)10-23-16-18-12-6-4-5-7-13(12)24-16/h4-7,11H,3,9-10H2,1-2H3/t11-/m1/s1. The molecule has 0 unspecified atom stereocenters. The number of thioether (sulfide) groups is 2. The Hall–Kier alpha value is -1.56. The molecule has 5 nitrogen and oxygen atoms in total. The number of fused-ring (bicyclic) bond motifs is 1. The van der Waals surface area contributed by atoms with Gasteiger partial charge >= 0.3 is 0 Å². The second-order valence-electron chi connectivity index (χ2n) is 5.22. The second-order valence-corrected chi connectivity index (χ2v) is 8.46. The molecule has 124 valence electrons. The summed E-state index contributed by atoms with van der Waals surface area (Å²) in [6.45, 7) is 4.84. The van der Waals surface area contributed by atoms with E-state index < -0.39 is 0 Å². The number of thiazole rings is 1. The van der Waals surface area contributed by atoms with Crippen LogP contribution in [0.5, 0.6) is 0 Å². The highest BCUT2D eigenvalue weighted by molar-refractivity contribution is 8.00. The molecule has 8 heteroatoms. The van der Waals surface area contributed by atoms with Crippen molar-refractivity contribution in [2.75, 3.05) is 5.75 Å². The number of nitrogens with zero attached hydrogens (tertiary/aromatic N) is 5. The van der Waals surface area contributed by atoms with Crippen LogP contribution in [0.3, 0.4) is 0 Å². The lowest BCUT2D eigenvalue weighted by molar-refractivity contribution is 0.658. The van der Waals surface area contributed by atoms with Gasteiger partial charge in [0.1, 0.15) is 5.82 Å². The zero-order valence-electron chi connectivity index (χ0n) is 13.5. The van der Waals surface area contributed by atoms with E-state index in [1.807, 2.05) is 25.1 Å². The molecule has 1 aromatic carbocycles. The maximum absolute atomic E-state index is 8.90. The van der Waals surface area contributed by atoms with Crippen LogP contribution in [0.2, 0.25) is 0 Å². The number of rotatable bonds is 7. The molecule has 0 spiro atoms. The largest absolute Gasteiger partial charge is 0.306 e. The van der Waals surface area contributed by atoms with Gasteiger partial charge in [0.05, 0.1) is 28.0 Å². The summed E-state index contributed by atoms with van der Waals surface area (Å²) in [6.07, 6.45) is 0. The number of hydrogen-bond acceptors (Lipinski definition) is 7. The first-order valence-corrected chi connectivity index (χ1v) is 10.4. The molecule has 1 atom stereocenters. The minimum absolute atomic E-state index is 0.0116. The minimum Gasteiger partial charge on any atom is -0.306 e. The molecule has 0 saturated heterocycles. The van der Waals surface area contributed by atoms with Crippen molar-refractivity contribution in [2.24, 2.45) is 5.92 Å². The highest BCUT2D eigenvalue weighted by Gasteiger charge is 2.14. The first-order chi connectivity index (χ1) is 11.7. The van der Waals surface area contributed by atoms with Gasteiger partial charge in [-0.25, -0.2) is 4.98 Å². The quantitative estimate of drug-likeness (QED) is 0.568. The molecule has 0 aliphatic heterocycles. The van der Waals surface area contributed by atoms with Gasteiger partial charge in [-0.1, -0.05) is 35.7 Å². The predicted octanol–water partition coefficient (Wildman–Crippen LogP) is 4.45. The maximum Gasteiger partial charge on any atom is 0.191 e. The molecule has 3 rings (SSSR count). The summed E-state index contributed by atoms with van der Waals surface area (Å²) >= 11 is 5.00. The molecule has 0 bridgehead atoms. The van der Waals surface area contributed by atoms with E-state index in [4.69, 9.17) is 5.26 Å². The van der Waals surface area contributed by atoms with Crippen molar-refractivity contribution in [3.8, 4) is 6.07 Å². The molecule has 0 N–H and O–H groups in total. The molecule has 24 heavy (non-hydrogen) atoms. The van der Waals surface area contributed by atoms with Crippen LogP contribution >= 0.6 is 34.9 Å². The summed E-state index contributed by atoms with van der Waals surface area (Å²) in [5, 5.41) is 18.4. The van der Waals surface area contributed by atoms with Crippen molar-refractivity contribution < 1.29 is 0 Å². The Kier molecular flexibility index (Phi) is 5.76. The maximum atomic E-state index is 8.90.